The van der Waals surface area contributed by atoms with Crippen molar-refractivity contribution in [3.63, 3.8) is 0 Å². The molecule has 0 amide bonds. The molecule has 1 aromatic carbocycles. The van der Waals surface area contributed by atoms with E-state index in [2.05, 4.69) is 27.8 Å². The number of phenols is 1. The van der Waals surface area contributed by atoms with E-state index in [-0.39, 0.29) is 11.8 Å². The van der Waals surface area contributed by atoms with Gasteiger partial charge in [-0.3, -0.25) is 4.90 Å². The zero-order valence-electron chi connectivity index (χ0n) is 11.4. The molecule has 2 rings (SSSR count). The highest BCUT2D eigenvalue weighted by atomic mass is 79.9. The average molecular weight is 329 g/mol. The molecule has 1 aromatic rings. The van der Waals surface area contributed by atoms with E-state index >= 15 is 0 Å². The maximum absolute atomic E-state index is 9.80. The van der Waals surface area contributed by atoms with Crippen LogP contribution < -0.4 is 10.5 Å². The molecule has 2 atom stereocenters. The number of nitrogens with zero attached hydrogens (tertiary/aromatic N) is 1. The van der Waals surface area contributed by atoms with Gasteiger partial charge in [0, 0.05) is 19.1 Å². The Bertz CT molecular complexity index is 451. The van der Waals surface area contributed by atoms with Crippen molar-refractivity contribution in [1.29, 1.82) is 0 Å². The highest BCUT2D eigenvalue weighted by Gasteiger charge is 2.25. The van der Waals surface area contributed by atoms with Gasteiger partial charge in [-0.25, -0.2) is 0 Å². The maximum atomic E-state index is 9.80. The van der Waals surface area contributed by atoms with E-state index in [1.165, 1.54) is 0 Å². The number of rotatable bonds is 4. The van der Waals surface area contributed by atoms with Crippen molar-refractivity contribution in [2.45, 2.75) is 25.9 Å². The Hall–Kier alpha value is -0.780. The smallest absolute Gasteiger partial charge is 0.172 e. The summed E-state index contributed by atoms with van der Waals surface area (Å²) in [6.45, 7) is 5.05. The van der Waals surface area contributed by atoms with Gasteiger partial charge < -0.3 is 15.6 Å². The molecule has 2 unspecified atom stereocenters. The van der Waals surface area contributed by atoms with E-state index in [4.69, 9.17) is 10.5 Å². The van der Waals surface area contributed by atoms with Crippen molar-refractivity contribution in [2.24, 2.45) is 11.7 Å². The van der Waals surface area contributed by atoms with Crippen LogP contribution in [0.1, 0.15) is 18.9 Å². The lowest BCUT2D eigenvalue weighted by molar-refractivity contribution is 0.307. The summed E-state index contributed by atoms with van der Waals surface area (Å²) in [5, 5.41) is 9.80. The van der Waals surface area contributed by atoms with Gasteiger partial charge in [-0.05, 0) is 59.4 Å². The molecule has 106 valence electrons. The largest absolute Gasteiger partial charge is 0.503 e. The van der Waals surface area contributed by atoms with Crippen molar-refractivity contribution in [1.82, 2.24) is 4.90 Å². The number of ether oxygens (including phenoxy) is 1. The van der Waals surface area contributed by atoms with E-state index in [9.17, 15) is 5.11 Å². The predicted molar refractivity (Wildman–Crippen MR) is 79.4 cm³/mol. The number of hydrogen-bond acceptors (Lipinski definition) is 4. The number of nitrogens with two attached hydrogens (primary N) is 1. The van der Waals surface area contributed by atoms with Crippen LogP contribution in [0.5, 0.6) is 11.5 Å². The summed E-state index contributed by atoms with van der Waals surface area (Å²) >= 11 is 3.35. The first-order chi connectivity index (χ1) is 9.01. The second kappa shape index (κ2) is 6.11. The second-order valence-electron chi connectivity index (χ2n) is 5.27. The molecule has 0 aliphatic carbocycles. The molecule has 0 spiro atoms. The first-order valence-corrected chi connectivity index (χ1v) is 7.34. The molecule has 1 saturated heterocycles. The van der Waals surface area contributed by atoms with Crippen LogP contribution in [0.3, 0.4) is 0 Å². The third-order valence-electron chi connectivity index (χ3n) is 3.77. The average Bonchev–Trinajstić information content (AvgIpc) is 2.82. The van der Waals surface area contributed by atoms with Crippen LogP contribution in [-0.4, -0.2) is 36.2 Å². The van der Waals surface area contributed by atoms with E-state index in [0.29, 0.717) is 16.1 Å². The first kappa shape index (κ1) is 14.6. The van der Waals surface area contributed by atoms with Gasteiger partial charge in [-0.2, -0.15) is 0 Å². The molecule has 1 aliphatic rings. The molecule has 1 aliphatic heterocycles. The summed E-state index contributed by atoms with van der Waals surface area (Å²) in [6.07, 6.45) is 1.16. The topological polar surface area (TPSA) is 58.7 Å². The van der Waals surface area contributed by atoms with Gasteiger partial charge in [0.2, 0.25) is 0 Å². The molecular weight excluding hydrogens is 308 g/mol. The number of methoxy groups -OCH3 is 1. The predicted octanol–water partition coefficient (Wildman–Crippen LogP) is 2.33. The van der Waals surface area contributed by atoms with Crippen LogP contribution in [0.2, 0.25) is 0 Å². The van der Waals surface area contributed by atoms with Gasteiger partial charge in [0.05, 0.1) is 11.6 Å². The van der Waals surface area contributed by atoms with Crippen LogP contribution in [-0.2, 0) is 6.54 Å². The molecule has 5 heteroatoms. The summed E-state index contributed by atoms with van der Waals surface area (Å²) in [5.41, 5.74) is 7.09. The van der Waals surface area contributed by atoms with Crippen molar-refractivity contribution in [2.75, 3.05) is 20.2 Å². The normalized spacial score (nSPS) is 21.6. The summed E-state index contributed by atoms with van der Waals surface area (Å²) in [7, 11) is 1.56. The van der Waals surface area contributed by atoms with Gasteiger partial charge in [-0.15, -0.1) is 0 Å². The molecule has 0 bridgehead atoms. The van der Waals surface area contributed by atoms with Crippen molar-refractivity contribution in [3.05, 3.63) is 22.2 Å². The van der Waals surface area contributed by atoms with E-state index < -0.39 is 0 Å². The monoisotopic (exact) mass is 328 g/mol. The molecule has 19 heavy (non-hydrogen) atoms. The molecule has 0 aromatic heterocycles. The van der Waals surface area contributed by atoms with Crippen LogP contribution in [0.25, 0.3) is 0 Å². The van der Waals surface area contributed by atoms with Gasteiger partial charge in [0.25, 0.3) is 0 Å². The zero-order valence-corrected chi connectivity index (χ0v) is 13.0. The molecule has 4 nitrogen and oxygen atoms in total. The summed E-state index contributed by atoms with van der Waals surface area (Å²) in [4.78, 5) is 2.40. The Morgan fingerprint density at radius 3 is 2.89 bits per heavy atom. The number of benzene rings is 1. The third kappa shape index (κ3) is 3.41. The zero-order chi connectivity index (χ0) is 14.0. The van der Waals surface area contributed by atoms with Crippen LogP contribution >= 0.6 is 15.9 Å². The molecule has 0 radical (unpaired) electrons. The number of aromatic hydroxyl groups is 1. The third-order valence-corrected chi connectivity index (χ3v) is 4.37. The lowest BCUT2D eigenvalue weighted by atomic mass is 10.0. The SMILES string of the molecule is COc1cc(CN2CCC(C(C)N)C2)cc(Br)c1O. The first-order valence-electron chi connectivity index (χ1n) is 6.54. The van der Waals surface area contributed by atoms with Crippen LogP contribution in [0.4, 0.5) is 0 Å². The fourth-order valence-electron chi connectivity index (χ4n) is 2.57. The number of phenolic OH excluding ortho intramolecular Hbond substituents is 1. The van der Waals surface area contributed by atoms with E-state index in [1.807, 2.05) is 12.1 Å². The summed E-state index contributed by atoms with van der Waals surface area (Å²) in [6, 6.07) is 4.09. The Morgan fingerprint density at radius 1 is 1.58 bits per heavy atom. The fourth-order valence-corrected chi connectivity index (χ4v) is 3.06. The van der Waals surface area contributed by atoms with Crippen LogP contribution in [0.15, 0.2) is 16.6 Å². The van der Waals surface area contributed by atoms with Gasteiger partial charge >= 0.3 is 0 Å². The molecule has 1 heterocycles. The Labute approximate surface area is 122 Å². The van der Waals surface area contributed by atoms with Crippen molar-refractivity contribution in [3.8, 4) is 11.5 Å². The van der Waals surface area contributed by atoms with Crippen molar-refractivity contribution >= 4 is 15.9 Å². The lowest BCUT2D eigenvalue weighted by Gasteiger charge is -2.18. The standard InChI is InChI=1S/C14H21BrN2O2/c1-9(16)11-3-4-17(8-11)7-10-5-12(15)14(18)13(6-10)19-2/h5-6,9,11,18H,3-4,7-8,16H2,1-2H3. The molecule has 3 N–H and O–H groups in total. The minimum atomic E-state index is 0.154. The minimum Gasteiger partial charge on any atom is -0.503 e. The Morgan fingerprint density at radius 2 is 2.32 bits per heavy atom. The van der Waals surface area contributed by atoms with E-state index in [0.717, 1.165) is 31.6 Å². The lowest BCUT2D eigenvalue weighted by Crippen LogP contribution is -2.29. The number of halogens is 1. The highest BCUT2D eigenvalue weighted by molar-refractivity contribution is 9.10. The Kier molecular flexibility index (Phi) is 4.71. The van der Waals surface area contributed by atoms with Gasteiger partial charge in [0.1, 0.15) is 0 Å². The van der Waals surface area contributed by atoms with Gasteiger partial charge in [0.15, 0.2) is 11.5 Å². The quantitative estimate of drug-likeness (QED) is 0.890. The van der Waals surface area contributed by atoms with Crippen LogP contribution in [0, 0.1) is 5.92 Å². The fraction of sp³-hybridized carbons (Fsp3) is 0.571. The minimum absolute atomic E-state index is 0.154. The van der Waals surface area contributed by atoms with Crippen molar-refractivity contribution < 1.29 is 9.84 Å². The van der Waals surface area contributed by atoms with Gasteiger partial charge in [-0.1, -0.05) is 0 Å². The Balaban J connectivity index is 2.06. The summed E-state index contributed by atoms with van der Waals surface area (Å²) < 4.78 is 5.84. The van der Waals surface area contributed by atoms with E-state index in [1.54, 1.807) is 7.11 Å². The molecule has 0 saturated carbocycles. The number of likely N-dealkylation sites (tertiary alicyclic amines) is 1. The summed E-state index contributed by atoms with van der Waals surface area (Å²) in [5.74, 6) is 1.25. The highest BCUT2D eigenvalue weighted by Crippen LogP contribution is 2.35. The molecular formula is C14H21BrN2O2. The second-order valence-corrected chi connectivity index (χ2v) is 6.13. The molecule has 1 fully saturated rings. The number of hydrogen-bond donors (Lipinski definition) is 2. The maximum Gasteiger partial charge on any atom is 0.172 e.